The van der Waals surface area contributed by atoms with Crippen LogP contribution >= 0.6 is 11.3 Å². The van der Waals surface area contributed by atoms with E-state index >= 15 is 0 Å². The van der Waals surface area contributed by atoms with Crippen molar-refractivity contribution in [2.24, 2.45) is 0 Å². The number of aryl methyl sites for hydroxylation is 1. The fourth-order valence-corrected chi connectivity index (χ4v) is 3.59. The molecule has 0 saturated carbocycles. The molecule has 0 bridgehead atoms. The normalized spacial score (nSPS) is 11.6. The van der Waals surface area contributed by atoms with Crippen LogP contribution in [0.5, 0.6) is 5.75 Å². The van der Waals surface area contributed by atoms with Crippen molar-refractivity contribution in [3.63, 3.8) is 0 Å². The van der Waals surface area contributed by atoms with Gasteiger partial charge in [0, 0.05) is 17.0 Å². The molecule has 2 N–H and O–H groups in total. The number of carbonyl (C=O) groups is 2. The van der Waals surface area contributed by atoms with E-state index in [0.29, 0.717) is 16.1 Å². The van der Waals surface area contributed by atoms with Crippen molar-refractivity contribution in [3.8, 4) is 5.75 Å². The maximum atomic E-state index is 12.7. The molecule has 4 nitrogen and oxygen atoms in total. The number of anilines is 1. The Hall–Kier alpha value is -2.35. The number of benzene rings is 1. The number of Topliss-reactive ketones (excluding diaryl/α,β-unsaturated/α-hetero) is 1. The summed E-state index contributed by atoms with van der Waals surface area (Å²) in [5.74, 6) is -2.20. The summed E-state index contributed by atoms with van der Waals surface area (Å²) in [5, 5.41) is 13.7. The minimum Gasteiger partial charge on any atom is -0.508 e. The molecular weight excluding hydrogens is 367 g/mol. The summed E-state index contributed by atoms with van der Waals surface area (Å²) >= 11 is 1.18. The van der Waals surface area contributed by atoms with Crippen LogP contribution in [0.4, 0.5) is 18.9 Å². The Labute approximate surface area is 152 Å². The third-order valence-electron chi connectivity index (χ3n) is 3.77. The van der Waals surface area contributed by atoms with E-state index < -0.39 is 24.3 Å². The smallest absolute Gasteiger partial charge is 0.449 e. The fourth-order valence-electron chi connectivity index (χ4n) is 2.39. The molecule has 0 radical (unpaired) electrons. The molecule has 1 heterocycles. The molecule has 8 heteroatoms. The fraction of sp³-hybridized carbons (Fsp3) is 0.333. The second-order valence-electron chi connectivity index (χ2n) is 6.07. The molecule has 0 unspecified atom stereocenters. The van der Waals surface area contributed by atoms with Crippen LogP contribution < -0.4 is 5.32 Å². The van der Waals surface area contributed by atoms with Gasteiger partial charge in [0.25, 0.3) is 5.91 Å². The maximum Gasteiger partial charge on any atom is 0.449 e. The number of alkyl halides is 3. The topological polar surface area (TPSA) is 66.4 Å². The van der Waals surface area contributed by atoms with Crippen LogP contribution in [0.1, 0.15) is 47.0 Å². The van der Waals surface area contributed by atoms with E-state index in [1.54, 1.807) is 5.38 Å². The van der Waals surface area contributed by atoms with Crippen LogP contribution in [-0.2, 0) is 11.2 Å². The number of amides is 1. The van der Waals surface area contributed by atoms with E-state index in [4.69, 9.17) is 0 Å². The van der Waals surface area contributed by atoms with Crippen molar-refractivity contribution in [1.29, 1.82) is 0 Å². The zero-order valence-corrected chi connectivity index (χ0v) is 15.0. The summed E-state index contributed by atoms with van der Waals surface area (Å²) in [6.07, 6.45) is -5.71. The van der Waals surface area contributed by atoms with Crippen molar-refractivity contribution in [2.75, 3.05) is 5.32 Å². The van der Waals surface area contributed by atoms with Gasteiger partial charge in [-0.2, -0.15) is 13.2 Å². The second kappa shape index (κ2) is 7.90. The first kappa shape index (κ1) is 20.0. The average molecular weight is 385 g/mol. The van der Waals surface area contributed by atoms with Crippen LogP contribution in [0.15, 0.2) is 29.6 Å². The number of hydrogen-bond acceptors (Lipinski definition) is 4. The van der Waals surface area contributed by atoms with Crippen LogP contribution in [0, 0.1) is 0 Å². The van der Waals surface area contributed by atoms with Crippen molar-refractivity contribution >= 4 is 28.7 Å². The minimum atomic E-state index is -4.87. The standard InChI is InChI=1S/C18H18F3NO3S/c1-10(2)13-9-26-14(7-8-15(24)18(19,20)21)16(13)17(25)22-11-3-5-12(23)6-4-11/h3-6,9-10,23H,7-8H2,1-2H3,(H,22,25). The number of hydrogen-bond donors (Lipinski definition) is 2. The SMILES string of the molecule is CC(C)c1csc(CCC(=O)C(F)(F)F)c1C(=O)Nc1ccc(O)cc1. The number of aromatic hydroxyl groups is 1. The van der Waals surface area contributed by atoms with E-state index in [1.807, 2.05) is 13.8 Å². The Morgan fingerprint density at radius 1 is 1.19 bits per heavy atom. The van der Waals surface area contributed by atoms with E-state index in [-0.39, 0.29) is 18.1 Å². The summed E-state index contributed by atoms with van der Waals surface area (Å²) in [6, 6.07) is 5.86. The van der Waals surface area contributed by atoms with Gasteiger partial charge in [0.15, 0.2) is 0 Å². The summed E-state index contributed by atoms with van der Waals surface area (Å²) in [7, 11) is 0. The Balaban J connectivity index is 2.24. The highest BCUT2D eigenvalue weighted by atomic mass is 32.1. The lowest BCUT2D eigenvalue weighted by Gasteiger charge is -2.11. The third kappa shape index (κ3) is 4.85. The molecule has 0 saturated heterocycles. The minimum absolute atomic E-state index is 0.00103. The van der Waals surface area contributed by atoms with Crippen molar-refractivity contribution in [2.45, 2.75) is 38.8 Å². The lowest BCUT2D eigenvalue weighted by molar-refractivity contribution is -0.170. The first-order chi connectivity index (χ1) is 12.1. The highest BCUT2D eigenvalue weighted by molar-refractivity contribution is 7.10. The maximum absolute atomic E-state index is 12.7. The molecule has 26 heavy (non-hydrogen) atoms. The van der Waals surface area contributed by atoms with Gasteiger partial charge in [0.05, 0.1) is 5.56 Å². The molecule has 1 aromatic carbocycles. The molecule has 2 aromatic rings. The number of ketones is 1. The van der Waals surface area contributed by atoms with Gasteiger partial charge in [0.1, 0.15) is 5.75 Å². The number of halogens is 3. The summed E-state index contributed by atoms with van der Waals surface area (Å²) < 4.78 is 37.3. The second-order valence-corrected chi connectivity index (χ2v) is 7.03. The predicted molar refractivity (Wildman–Crippen MR) is 93.9 cm³/mol. The number of nitrogens with one attached hydrogen (secondary N) is 1. The Morgan fingerprint density at radius 2 is 1.81 bits per heavy atom. The van der Waals surface area contributed by atoms with Crippen molar-refractivity contribution < 1.29 is 27.9 Å². The highest BCUT2D eigenvalue weighted by Crippen LogP contribution is 2.31. The van der Waals surface area contributed by atoms with E-state index in [2.05, 4.69) is 5.32 Å². The van der Waals surface area contributed by atoms with Gasteiger partial charge in [-0.05, 0) is 47.5 Å². The summed E-state index contributed by atoms with van der Waals surface area (Å²) in [6.45, 7) is 3.76. The Bertz CT molecular complexity index is 795. The van der Waals surface area contributed by atoms with Gasteiger partial charge in [0.2, 0.25) is 5.78 Å². The van der Waals surface area contributed by atoms with Crippen molar-refractivity contribution in [1.82, 2.24) is 0 Å². The quantitative estimate of drug-likeness (QED) is 0.696. The van der Waals surface area contributed by atoms with E-state index in [9.17, 15) is 27.9 Å². The van der Waals surface area contributed by atoms with Gasteiger partial charge in [-0.3, -0.25) is 9.59 Å². The number of thiophene rings is 1. The van der Waals surface area contributed by atoms with E-state index in [0.717, 1.165) is 5.56 Å². The number of phenolic OH excluding ortho intramolecular Hbond substituents is 1. The molecule has 0 fully saturated rings. The lowest BCUT2D eigenvalue weighted by atomic mass is 9.98. The predicted octanol–water partition coefficient (Wildman–Crippen LogP) is 4.89. The van der Waals surface area contributed by atoms with Gasteiger partial charge in [-0.1, -0.05) is 13.8 Å². The van der Waals surface area contributed by atoms with Crippen LogP contribution in [0.2, 0.25) is 0 Å². The van der Waals surface area contributed by atoms with E-state index in [1.165, 1.54) is 35.6 Å². The molecule has 2 rings (SSSR count). The van der Waals surface area contributed by atoms with Crippen LogP contribution in [0.25, 0.3) is 0 Å². The number of phenols is 1. The Kier molecular flexibility index (Phi) is 6.07. The zero-order chi connectivity index (χ0) is 19.5. The summed E-state index contributed by atoms with van der Waals surface area (Å²) in [5.41, 5.74) is 1.49. The van der Waals surface area contributed by atoms with Gasteiger partial charge in [-0.25, -0.2) is 0 Å². The molecule has 0 atom stereocenters. The highest BCUT2D eigenvalue weighted by Gasteiger charge is 2.37. The van der Waals surface area contributed by atoms with Gasteiger partial charge < -0.3 is 10.4 Å². The van der Waals surface area contributed by atoms with Gasteiger partial charge in [-0.15, -0.1) is 11.3 Å². The average Bonchev–Trinajstić information content (AvgIpc) is 2.98. The molecule has 0 aliphatic carbocycles. The first-order valence-electron chi connectivity index (χ1n) is 7.90. The van der Waals surface area contributed by atoms with Crippen LogP contribution in [-0.4, -0.2) is 23.0 Å². The monoisotopic (exact) mass is 385 g/mol. The van der Waals surface area contributed by atoms with Crippen molar-refractivity contribution in [3.05, 3.63) is 45.6 Å². The molecule has 0 aliphatic rings. The Morgan fingerprint density at radius 3 is 2.35 bits per heavy atom. The molecule has 1 aromatic heterocycles. The largest absolute Gasteiger partial charge is 0.508 e. The first-order valence-corrected chi connectivity index (χ1v) is 8.78. The number of carbonyl (C=O) groups excluding carboxylic acids is 2. The van der Waals surface area contributed by atoms with Crippen LogP contribution in [0.3, 0.4) is 0 Å². The zero-order valence-electron chi connectivity index (χ0n) is 14.2. The lowest BCUT2D eigenvalue weighted by Crippen LogP contribution is -2.23. The molecule has 0 aliphatic heterocycles. The third-order valence-corrected chi connectivity index (χ3v) is 4.83. The molecule has 0 spiro atoms. The molecular formula is C18H18F3NO3S. The molecule has 1 amide bonds. The molecule has 140 valence electrons. The summed E-state index contributed by atoms with van der Waals surface area (Å²) in [4.78, 5) is 24.3. The number of rotatable bonds is 6. The van der Waals surface area contributed by atoms with Gasteiger partial charge >= 0.3 is 6.18 Å².